The van der Waals surface area contributed by atoms with Gasteiger partial charge in [0.05, 0.1) is 22.4 Å². The van der Waals surface area contributed by atoms with E-state index in [1.54, 1.807) is 0 Å². The second-order valence-corrected chi connectivity index (χ2v) is 5.50. The van der Waals surface area contributed by atoms with Crippen LogP contribution in [0.3, 0.4) is 0 Å². The van der Waals surface area contributed by atoms with Crippen LogP contribution < -0.4 is 0 Å². The van der Waals surface area contributed by atoms with Gasteiger partial charge in [0.1, 0.15) is 11.0 Å². The van der Waals surface area contributed by atoms with Gasteiger partial charge in [-0.05, 0) is 48.5 Å². The van der Waals surface area contributed by atoms with Gasteiger partial charge in [0, 0.05) is 0 Å². The Kier molecular flexibility index (Phi) is 2.69. The molecule has 0 unspecified atom stereocenters. The van der Waals surface area contributed by atoms with E-state index in [-0.39, 0.29) is 0 Å². The van der Waals surface area contributed by atoms with E-state index in [4.69, 9.17) is 0 Å². The molecule has 0 radical (unpaired) electrons. The smallest absolute Gasteiger partial charge is 0.113 e. The largest absolute Gasteiger partial charge is 0.213 e. The van der Waals surface area contributed by atoms with E-state index in [1.807, 2.05) is 82.2 Å². The van der Waals surface area contributed by atoms with Crippen LogP contribution in [-0.4, -0.2) is 30.0 Å². The second kappa shape index (κ2) is 4.99. The van der Waals surface area contributed by atoms with Crippen molar-refractivity contribution in [1.29, 1.82) is 0 Å². The highest BCUT2D eigenvalue weighted by molar-refractivity contribution is 5.77. The Labute approximate surface area is 136 Å². The van der Waals surface area contributed by atoms with Gasteiger partial charge in [0.25, 0.3) is 0 Å². The van der Waals surface area contributed by atoms with Crippen LogP contribution in [-0.2, 0) is 0 Å². The van der Waals surface area contributed by atoms with Crippen molar-refractivity contribution in [3.05, 3.63) is 72.8 Å². The lowest BCUT2D eigenvalue weighted by molar-refractivity contribution is 0.812. The molecule has 0 bridgehead atoms. The third-order valence-electron chi connectivity index (χ3n) is 4.04. The molecule has 0 saturated carbocycles. The predicted octanol–water partition coefficient (Wildman–Crippen LogP) is 3.15. The maximum absolute atomic E-state index is 4.24. The molecule has 0 N–H and O–H groups in total. The van der Waals surface area contributed by atoms with Crippen molar-refractivity contribution in [3.63, 3.8) is 0 Å². The number of aromatic nitrogens is 6. The predicted molar refractivity (Wildman–Crippen MR) is 91.3 cm³/mol. The molecule has 3 aromatic carbocycles. The van der Waals surface area contributed by atoms with Crippen molar-refractivity contribution in [1.82, 2.24) is 30.0 Å². The zero-order valence-corrected chi connectivity index (χ0v) is 12.6. The molecule has 6 heteroatoms. The second-order valence-electron chi connectivity index (χ2n) is 5.50. The maximum atomic E-state index is 4.24. The highest BCUT2D eigenvalue weighted by Crippen LogP contribution is 2.19. The Morgan fingerprint density at radius 1 is 0.500 bits per heavy atom. The molecule has 0 saturated heterocycles. The monoisotopic (exact) mass is 312 g/mol. The number of fused-ring (bicyclic) bond motifs is 2. The lowest BCUT2D eigenvalue weighted by Gasteiger charge is -2.05. The van der Waals surface area contributed by atoms with E-state index in [0.29, 0.717) is 0 Å². The van der Waals surface area contributed by atoms with E-state index in [1.165, 1.54) is 0 Å². The van der Waals surface area contributed by atoms with Gasteiger partial charge in [-0.2, -0.15) is 0 Å². The van der Waals surface area contributed by atoms with Crippen molar-refractivity contribution >= 4 is 22.1 Å². The van der Waals surface area contributed by atoms with Crippen molar-refractivity contribution in [2.75, 3.05) is 0 Å². The van der Waals surface area contributed by atoms with Crippen LogP contribution >= 0.6 is 0 Å². The van der Waals surface area contributed by atoms with Gasteiger partial charge in [-0.1, -0.05) is 34.7 Å². The van der Waals surface area contributed by atoms with E-state index >= 15 is 0 Å². The highest BCUT2D eigenvalue weighted by Gasteiger charge is 2.08. The number of rotatable bonds is 2. The number of hydrogen-bond donors (Lipinski definition) is 0. The molecule has 0 amide bonds. The van der Waals surface area contributed by atoms with E-state index in [0.717, 1.165) is 33.4 Å². The molecule has 5 aromatic rings. The average Bonchev–Trinajstić information content (AvgIpc) is 3.26. The van der Waals surface area contributed by atoms with Crippen molar-refractivity contribution in [2.24, 2.45) is 0 Å². The molecule has 114 valence electrons. The molecule has 6 nitrogen and oxygen atoms in total. The van der Waals surface area contributed by atoms with Gasteiger partial charge in [0.15, 0.2) is 0 Å². The summed E-state index contributed by atoms with van der Waals surface area (Å²) in [6.45, 7) is 0. The third-order valence-corrected chi connectivity index (χ3v) is 4.04. The van der Waals surface area contributed by atoms with Gasteiger partial charge in [0.2, 0.25) is 0 Å². The zero-order chi connectivity index (χ0) is 15.9. The summed E-state index contributed by atoms with van der Waals surface area (Å²) in [5.41, 5.74) is 5.63. The molecule has 0 spiro atoms. The lowest BCUT2D eigenvalue weighted by atomic mass is 10.2. The van der Waals surface area contributed by atoms with Gasteiger partial charge >= 0.3 is 0 Å². The van der Waals surface area contributed by atoms with Crippen LogP contribution in [0.15, 0.2) is 72.8 Å². The molecule has 0 fully saturated rings. The summed E-state index contributed by atoms with van der Waals surface area (Å²) in [5.74, 6) is 0. The number of nitrogens with zero attached hydrogens (tertiary/aromatic N) is 6. The summed E-state index contributed by atoms with van der Waals surface area (Å²) in [5, 5.41) is 16.9. The van der Waals surface area contributed by atoms with Crippen molar-refractivity contribution in [2.45, 2.75) is 0 Å². The molecule has 0 aliphatic carbocycles. The Bertz CT molecular complexity index is 1060. The fourth-order valence-corrected chi connectivity index (χ4v) is 2.85. The first kappa shape index (κ1) is 13.0. The molecular formula is C18H12N6. The van der Waals surface area contributed by atoms with Gasteiger partial charge in [-0.15, -0.1) is 10.2 Å². The Balaban J connectivity index is 1.60. The summed E-state index contributed by atoms with van der Waals surface area (Å²) >= 11 is 0. The lowest BCUT2D eigenvalue weighted by Crippen LogP contribution is -1.99. The van der Waals surface area contributed by atoms with E-state index < -0.39 is 0 Å². The summed E-state index contributed by atoms with van der Waals surface area (Å²) < 4.78 is 3.66. The summed E-state index contributed by atoms with van der Waals surface area (Å²) in [4.78, 5) is 0. The van der Waals surface area contributed by atoms with Crippen LogP contribution in [0, 0.1) is 0 Å². The summed E-state index contributed by atoms with van der Waals surface area (Å²) in [6.07, 6.45) is 0. The highest BCUT2D eigenvalue weighted by atomic mass is 15.4. The van der Waals surface area contributed by atoms with Crippen LogP contribution in [0.4, 0.5) is 0 Å². The Hall–Kier alpha value is -3.54. The minimum atomic E-state index is 0.879. The molecular weight excluding hydrogens is 300 g/mol. The first-order valence-electron chi connectivity index (χ1n) is 7.62. The van der Waals surface area contributed by atoms with Gasteiger partial charge < -0.3 is 0 Å². The van der Waals surface area contributed by atoms with Crippen LogP contribution in [0.25, 0.3) is 33.4 Å². The standard InChI is InChI=1S/C18H12N6/c1-3-7-17-15(5-1)19-21-23(17)13-9-11-14(12-10-13)24-18-8-4-2-6-16(18)20-22-24/h1-12H. The first-order chi connectivity index (χ1) is 11.9. The Morgan fingerprint density at radius 3 is 1.38 bits per heavy atom. The van der Waals surface area contributed by atoms with Crippen molar-refractivity contribution in [3.8, 4) is 11.4 Å². The molecule has 0 aliphatic rings. The summed E-state index contributed by atoms with van der Waals surface area (Å²) in [6, 6.07) is 23.8. The molecule has 0 aliphatic heterocycles. The number of para-hydroxylation sites is 2. The van der Waals surface area contributed by atoms with Crippen LogP contribution in [0.2, 0.25) is 0 Å². The first-order valence-corrected chi connectivity index (χ1v) is 7.62. The van der Waals surface area contributed by atoms with Crippen LogP contribution in [0.5, 0.6) is 0 Å². The molecule has 24 heavy (non-hydrogen) atoms. The topological polar surface area (TPSA) is 61.4 Å². The quantitative estimate of drug-likeness (QED) is 0.502. The SMILES string of the molecule is c1ccc2c(c1)nnn2-c1ccc(-n2nnc3ccccc32)cc1. The normalized spacial score (nSPS) is 11.3. The zero-order valence-electron chi connectivity index (χ0n) is 12.6. The maximum Gasteiger partial charge on any atom is 0.113 e. The fraction of sp³-hybridized carbons (Fsp3) is 0. The number of benzene rings is 3. The fourth-order valence-electron chi connectivity index (χ4n) is 2.85. The van der Waals surface area contributed by atoms with Gasteiger partial charge in [-0.3, -0.25) is 0 Å². The molecule has 2 heterocycles. The number of hydrogen-bond acceptors (Lipinski definition) is 4. The van der Waals surface area contributed by atoms with Crippen molar-refractivity contribution < 1.29 is 0 Å². The molecule has 0 atom stereocenters. The third kappa shape index (κ3) is 1.90. The van der Waals surface area contributed by atoms with E-state index in [2.05, 4.69) is 20.6 Å². The summed E-state index contributed by atoms with van der Waals surface area (Å²) in [7, 11) is 0. The van der Waals surface area contributed by atoms with Crippen LogP contribution in [0.1, 0.15) is 0 Å². The van der Waals surface area contributed by atoms with E-state index in [9.17, 15) is 0 Å². The molecule has 2 aromatic heterocycles. The Morgan fingerprint density at radius 2 is 0.917 bits per heavy atom. The molecule has 5 rings (SSSR count). The van der Waals surface area contributed by atoms with Gasteiger partial charge in [-0.25, -0.2) is 9.36 Å². The minimum Gasteiger partial charge on any atom is -0.213 e. The average molecular weight is 312 g/mol. The minimum absolute atomic E-state index is 0.879.